The first-order valence-electron chi connectivity index (χ1n) is 11.7. The van der Waals surface area contributed by atoms with Crippen LogP contribution in [0.4, 0.5) is 0 Å². The molecule has 1 heterocycles. The van der Waals surface area contributed by atoms with Gasteiger partial charge in [0.15, 0.2) is 5.69 Å². The lowest BCUT2D eigenvalue weighted by Gasteiger charge is -2.18. The fourth-order valence-corrected chi connectivity index (χ4v) is 3.47. The van der Waals surface area contributed by atoms with Crippen LogP contribution in [0, 0.1) is 0 Å². The molecule has 0 aliphatic rings. The number of H-pyrrole nitrogens is 1. The van der Waals surface area contributed by atoms with Gasteiger partial charge in [0.1, 0.15) is 18.3 Å². The molecular formula is C26H31N5O4. The molecular weight excluding hydrogens is 446 g/mol. The fourth-order valence-electron chi connectivity index (χ4n) is 3.47. The monoisotopic (exact) mass is 477 g/mol. The number of aromatic nitrogens is 2. The van der Waals surface area contributed by atoms with Gasteiger partial charge in [-0.05, 0) is 30.5 Å². The SMILES string of the molecule is NCCCCCNC(=O)c1[nH]cnc1C(=O)N[C@@H](Cc1ccccc1)C(=O)OCc1ccccc1. The summed E-state index contributed by atoms with van der Waals surface area (Å²) in [4.78, 5) is 45.2. The summed E-state index contributed by atoms with van der Waals surface area (Å²) in [5.74, 6) is -1.66. The first-order chi connectivity index (χ1) is 17.1. The van der Waals surface area contributed by atoms with E-state index < -0.39 is 23.8 Å². The van der Waals surface area contributed by atoms with Crippen molar-refractivity contribution in [3.8, 4) is 0 Å². The Kier molecular flexibility index (Phi) is 10.0. The number of nitrogens with two attached hydrogens (primary N) is 1. The van der Waals surface area contributed by atoms with Crippen molar-refractivity contribution in [1.82, 2.24) is 20.6 Å². The van der Waals surface area contributed by atoms with Crippen molar-refractivity contribution >= 4 is 17.8 Å². The summed E-state index contributed by atoms with van der Waals surface area (Å²) in [6.45, 7) is 1.15. The lowest BCUT2D eigenvalue weighted by molar-refractivity contribution is -0.147. The molecule has 0 saturated heterocycles. The molecule has 2 amide bonds. The van der Waals surface area contributed by atoms with Crippen molar-refractivity contribution in [2.75, 3.05) is 13.1 Å². The third-order valence-electron chi connectivity index (χ3n) is 5.34. The van der Waals surface area contributed by atoms with Crippen molar-refractivity contribution in [3.05, 3.63) is 89.5 Å². The molecule has 0 aliphatic carbocycles. The second kappa shape index (κ2) is 13.7. The number of nitrogens with one attached hydrogen (secondary N) is 3. The molecule has 0 radical (unpaired) electrons. The van der Waals surface area contributed by atoms with Gasteiger partial charge in [-0.3, -0.25) is 9.59 Å². The van der Waals surface area contributed by atoms with Gasteiger partial charge in [0.2, 0.25) is 0 Å². The molecule has 1 atom stereocenters. The summed E-state index contributed by atoms with van der Waals surface area (Å²) in [6, 6.07) is 17.6. The predicted octanol–water partition coefficient (Wildman–Crippen LogP) is 2.35. The van der Waals surface area contributed by atoms with E-state index in [0.29, 0.717) is 13.1 Å². The Bertz CT molecular complexity index is 1090. The van der Waals surface area contributed by atoms with E-state index in [-0.39, 0.29) is 24.4 Å². The molecule has 0 aliphatic heterocycles. The second-order valence-corrected chi connectivity index (χ2v) is 8.04. The van der Waals surface area contributed by atoms with Crippen molar-refractivity contribution in [2.24, 2.45) is 5.73 Å². The number of carbonyl (C=O) groups excluding carboxylic acids is 3. The highest BCUT2D eigenvalue weighted by molar-refractivity contribution is 6.05. The van der Waals surface area contributed by atoms with E-state index in [4.69, 9.17) is 10.5 Å². The van der Waals surface area contributed by atoms with Crippen LogP contribution in [0.3, 0.4) is 0 Å². The lowest BCUT2D eigenvalue weighted by Crippen LogP contribution is -2.44. The van der Waals surface area contributed by atoms with Crippen LogP contribution in [-0.4, -0.2) is 46.9 Å². The van der Waals surface area contributed by atoms with Gasteiger partial charge in [-0.15, -0.1) is 0 Å². The van der Waals surface area contributed by atoms with E-state index in [2.05, 4.69) is 20.6 Å². The number of carbonyl (C=O) groups is 3. The number of unbranched alkanes of at least 4 members (excludes halogenated alkanes) is 2. The predicted molar refractivity (Wildman–Crippen MR) is 131 cm³/mol. The third kappa shape index (κ3) is 8.08. The van der Waals surface area contributed by atoms with Gasteiger partial charge in [0.25, 0.3) is 11.8 Å². The molecule has 0 saturated carbocycles. The van der Waals surface area contributed by atoms with Crippen LogP contribution in [0.25, 0.3) is 0 Å². The molecule has 0 fully saturated rings. The number of esters is 1. The largest absolute Gasteiger partial charge is 0.459 e. The van der Waals surface area contributed by atoms with Crippen molar-refractivity contribution in [1.29, 1.82) is 0 Å². The minimum absolute atomic E-state index is 0.0393. The number of ether oxygens (including phenoxy) is 1. The van der Waals surface area contributed by atoms with Crippen LogP contribution in [0.1, 0.15) is 51.4 Å². The van der Waals surface area contributed by atoms with E-state index in [1.165, 1.54) is 6.33 Å². The van der Waals surface area contributed by atoms with Gasteiger partial charge in [-0.25, -0.2) is 9.78 Å². The van der Waals surface area contributed by atoms with Crippen LogP contribution in [0.15, 0.2) is 67.0 Å². The number of imidazole rings is 1. The maximum atomic E-state index is 13.0. The van der Waals surface area contributed by atoms with E-state index >= 15 is 0 Å². The van der Waals surface area contributed by atoms with E-state index in [9.17, 15) is 14.4 Å². The molecule has 184 valence electrons. The first kappa shape index (κ1) is 25.6. The normalized spacial score (nSPS) is 11.5. The third-order valence-corrected chi connectivity index (χ3v) is 5.34. The number of nitrogens with zero attached hydrogens (tertiary/aromatic N) is 1. The number of aromatic amines is 1. The van der Waals surface area contributed by atoms with Crippen molar-refractivity contribution < 1.29 is 19.1 Å². The van der Waals surface area contributed by atoms with E-state index in [0.717, 1.165) is 30.4 Å². The van der Waals surface area contributed by atoms with E-state index in [1.54, 1.807) is 0 Å². The van der Waals surface area contributed by atoms with Gasteiger partial charge in [0, 0.05) is 13.0 Å². The van der Waals surface area contributed by atoms with E-state index in [1.807, 2.05) is 60.7 Å². The zero-order valence-electron chi connectivity index (χ0n) is 19.5. The Balaban J connectivity index is 1.66. The average molecular weight is 478 g/mol. The summed E-state index contributed by atoms with van der Waals surface area (Å²) in [7, 11) is 0. The van der Waals surface area contributed by atoms with Crippen LogP contribution >= 0.6 is 0 Å². The smallest absolute Gasteiger partial charge is 0.329 e. The number of hydrogen-bond acceptors (Lipinski definition) is 6. The van der Waals surface area contributed by atoms with Gasteiger partial charge < -0.3 is 26.1 Å². The van der Waals surface area contributed by atoms with Crippen LogP contribution < -0.4 is 16.4 Å². The molecule has 0 spiro atoms. The Morgan fingerprint density at radius 1 is 0.914 bits per heavy atom. The topological polar surface area (TPSA) is 139 Å². The molecule has 0 bridgehead atoms. The second-order valence-electron chi connectivity index (χ2n) is 8.04. The molecule has 5 N–H and O–H groups in total. The van der Waals surface area contributed by atoms with Gasteiger partial charge in [-0.1, -0.05) is 67.1 Å². The Morgan fingerprint density at radius 3 is 2.29 bits per heavy atom. The maximum absolute atomic E-state index is 13.0. The zero-order valence-corrected chi connectivity index (χ0v) is 19.5. The van der Waals surface area contributed by atoms with Gasteiger partial charge in [-0.2, -0.15) is 0 Å². The molecule has 3 rings (SSSR count). The Hall–Kier alpha value is -3.98. The average Bonchev–Trinajstić information content (AvgIpc) is 3.38. The molecule has 2 aromatic carbocycles. The minimum atomic E-state index is -0.961. The van der Waals surface area contributed by atoms with Gasteiger partial charge in [0.05, 0.1) is 6.33 Å². The lowest BCUT2D eigenvalue weighted by atomic mass is 10.1. The highest BCUT2D eigenvalue weighted by Crippen LogP contribution is 2.10. The zero-order chi connectivity index (χ0) is 24.9. The van der Waals surface area contributed by atoms with Crippen LogP contribution in [0.2, 0.25) is 0 Å². The van der Waals surface area contributed by atoms with Gasteiger partial charge >= 0.3 is 5.97 Å². The molecule has 0 unspecified atom stereocenters. The number of hydrogen-bond donors (Lipinski definition) is 4. The molecule has 35 heavy (non-hydrogen) atoms. The van der Waals surface area contributed by atoms with Crippen LogP contribution in [0.5, 0.6) is 0 Å². The standard InChI is InChI=1S/C26H31N5O4/c27-14-8-3-9-15-28-24(32)22-23(30-18-29-22)25(33)31-21(16-19-10-4-1-5-11-19)26(34)35-17-20-12-6-2-7-13-20/h1-2,4-7,10-13,18,21H,3,8-9,14-17,27H2,(H,28,32)(H,29,30)(H,31,33)/t21-/m0/s1. The summed E-state index contributed by atoms with van der Waals surface area (Å²) >= 11 is 0. The number of rotatable bonds is 13. The molecule has 3 aromatic rings. The molecule has 9 heteroatoms. The molecule has 9 nitrogen and oxygen atoms in total. The van der Waals surface area contributed by atoms with Crippen LogP contribution in [-0.2, 0) is 22.6 Å². The quantitative estimate of drug-likeness (QED) is 0.220. The highest BCUT2D eigenvalue weighted by Gasteiger charge is 2.27. The maximum Gasteiger partial charge on any atom is 0.329 e. The number of benzene rings is 2. The summed E-state index contributed by atoms with van der Waals surface area (Å²) in [5.41, 5.74) is 7.13. The summed E-state index contributed by atoms with van der Waals surface area (Å²) in [5, 5.41) is 5.46. The first-order valence-corrected chi connectivity index (χ1v) is 11.7. The molecule has 1 aromatic heterocycles. The fraction of sp³-hybridized carbons (Fsp3) is 0.308. The summed E-state index contributed by atoms with van der Waals surface area (Å²) in [6.07, 6.45) is 4.08. The van der Waals surface area contributed by atoms with Crippen molar-refractivity contribution in [2.45, 2.75) is 38.3 Å². The highest BCUT2D eigenvalue weighted by atomic mass is 16.5. The minimum Gasteiger partial charge on any atom is -0.459 e. The van der Waals surface area contributed by atoms with Crippen molar-refractivity contribution in [3.63, 3.8) is 0 Å². The Morgan fingerprint density at radius 2 is 1.60 bits per heavy atom. The Labute approximate surface area is 204 Å². The number of amides is 2. The summed E-state index contributed by atoms with van der Waals surface area (Å²) < 4.78 is 5.47.